The minimum Gasteiger partial charge on any atom is -0.378 e. The Balaban J connectivity index is 1.40. The molecule has 0 amide bonds. The number of hydrogen-bond acceptors (Lipinski definition) is 8. The second kappa shape index (κ2) is 12.2. The van der Waals surface area contributed by atoms with Crippen LogP contribution in [0.3, 0.4) is 0 Å². The maximum Gasteiger partial charge on any atom is 0.288 e. The Kier molecular flexibility index (Phi) is 8.16. The van der Waals surface area contributed by atoms with Crippen LogP contribution in [0, 0.1) is 20.2 Å². The van der Waals surface area contributed by atoms with E-state index in [1.54, 1.807) is 24.3 Å². The monoisotopic (exact) mass is 619 g/mol. The summed E-state index contributed by atoms with van der Waals surface area (Å²) in [4.78, 5) is 31.5. The topological polar surface area (TPSA) is 115 Å². The van der Waals surface area contributed by atoms with Gasteiger partial charge in [-0.3, -0.25) is 20.2 Å². The molecule has 3 heterocycles. The van der Waals surface area contributed by atoms with Crippen molar-refractivity contribution in [3.05, 3.63) is 120 Å². The zero-order valence-corrected chi connectivity index (χ0v) is 24.4. The first-order valence-electron chi connectivity index (χ1n) is 13.9. The molecule has 2 fully saturated rings. The van der Waals surface area contributed by atoms with Crippen LogP contribution in [0.2, 0.25) is 10.0 Å². The summed E-state index contributed by atoms with van der Waals surface area (Å²) in [5.74, 6) is 0.900. The van der Waals surface area contributed by atoms with Crippen molar-refractivity contribution in [3.63, 3.8) is 0 Å². The number of anilines is 2. The van der Waals surface area contributed by atoms with E-state index in [4.69, 9.17) is 32.9 Å². The van der Waals surface area contributed by atoms with E-state index in [1.165, 1.54) is 12.1 Å². The van der Waals surface area contributed by atoms with Crippen molar-refractivity contribution in [2.45, 2.75) is 24.9 Å². The van der Waals surface area contributed by atoms with Crippen molar-refractivity contribution in [1.29, 1.82) is 0 Å². The summed E-state index contributed by atoms with van der Waals surface area (Å²) < 4.78 is 5.45. The maximum atomic E-state index is 11.7. The van der Waals surface area contributed by atoms with Crippen LogP contribution in [0.4, 0.5) is 22.9 Å². The van der Waals surface area contributed by atoms with E-state index in [2.05, 4.69) is 15.9 Å². The first kappa shape index (κ1) is 28.9. The molecule has 2 atom stereocenters. The SMILES string of the molecule is O=[N+]([O-])c1cc(C2CCC(c3ccc(Cl)c([N+](=O)[O-])c3)N2c2cccc(-c3ccc(N4CCOCC4)nc3)c2)ccc1Cl. The van der Waals surface area contributed by atoms with Gasteiger partial charge in [0.2, 0.25) is 0 Å². The minimum absolute atomic E-state index is 0.0678. The molecule has 1 aromatic heterocycles. The number of rotatable bonds is 7. The Hall–Kier alpha value is -4.25. The normalized spacial score (nSPS) is 18.6. The highest BCUT2D eigenvalue weighted by atomic mass is 35.5. The lowest BCUT2D eigenvalue weighted by atomic mass is 10.0. The number of nitro benzene ring substituents is 2. The van der Waals surface area contributed by atoms with E-state index < -0.39 is 9.85 Å². The van der Waals surface area contributed by atoms with E-state index >= 15 is 0 Å². The molecule has 43 heavy (non-hydrogen) atoms. The third-order valence-corrected chi connectivity index (χ3v) is 8.69. The van der Waals surface area contributed by atoms with Crippen molar-refractivity contribution in [2.24, 2.45) is 0 Å². The van der Waals surface area contributed by atoms with Crippen molar-refractivity contribution >= 4 is 46.1 Å². The molecule has 0 spiro atoms. The second-order valence-electron chi connectivity index (χ2n) is 10.5. The van der Waals surface area contributed by atoms with E-state index in [9.17, 15) is 20.2 Å². The van der Waals surface area contributed by atoms with E-state index in [0.29, 0.717) is 26.1 Å². The van der Waals surface area contributed by atoms with Crippen LogP contribution >= 0.6 is 23.2 Å². The number of ether oxygens (including phenoxy) is 1. The molecule has 6 rings (SSSR count). The summed E-state index contributed by atoms with van der Waals surface area (Å²) in [5, 5.41) is 23.5. The number of benzene rings is 3. The van der Waals surface area contributed by atoms with Gasteiger partial charge < -0.3 is 14.5 Å². The fourth-order valence-corrected chi connectivity index (χ4v) is 6.33. The first-order valence-corrected chi connectivity index (χ1v) is 14.6. The molecule has 2 aliphatic rings. The molecule has 2 unspecified atom stereocenters. The Morgan fingerprint density at radius 2 is 1.37 bits per heavy atom. The highest BCUT2D eigenvalue weighted by Gasteiger charge is 2.37. The molecule has 2 aliphatic heterocycles. The largest absolute Gasteiger partial charge is 0.378 e. The number of aromatic nitrogens is 1. The number of morpholine rings is 1. The van der Waals surface area contributed by atoms with Gasteiger partial charge in [0.1, 0.15) is 15.9 Å². The Labute approximate surface area is 257 Å². The molecule has 4 aromatic rings. The van der Waals surface area contributed by atoms with Gasteiger partial charge in [0, 0.05) is 42.7 Å². The average Bonchev–Trinajstić information content (AvgIpc) is 3.47. The Morgan fingerprint density at radius 1 is 0.767 bits per heavy atom. The van der Waals surface area contributed by atoms with Gasteiger partial charge in [0.05, 0.1) is 35.1 Å². The van der Waals surface area contributed by atoms with Gasteiger partial charge in [-0.15, -0.1) is 0 Å². The number of nitro groups is 2. The number of pyridine rings is 1. The fourth-order valence-electron chi connectivity index (χ4n) is 5.96. The average molecular weight is 620 g/mol. The summed E-state index contributed by atoms with van der Waals surface area (Å²) in [6, 6.07) is 21.3. The van der Waals surface area contributed by atoms with Gasteiger partial charge >= 0.3 is 0 Å². The van der Waals surface area contributed by atoms with Crippen molar-refractivity contribution < 1.29 is 14.6 Å². The standard InChI is InChI=1S/C31H27Cl2N5O5/c32-25-7-4-21(17-29(25)37(39)40)27-9-10-28(22-5-8-26(33)30(18-22)38(41)42)36(27)24-3-1-2-20(16-24)23-6-11-31(34-19-23)35-12-14-43-15-13-35/h1-8,11,16-19,27-28H,9-10,12-15H2. The number of nitrogens with zero attached hydrogens (tertiary/aromatic N) is 5. The lowest BCUT2D eigenvalue weighted by molar-refractivity contribution is -0.384. The number of hydrogen-bond donors (Lipinski definition) is 0. The molecule has 0 bridgehead atoms. The molecule has 2 saturated heterocycles. The first-order chi connectivity index (χ1) is 20.8. The molecular formula is C31H27Cl2N5O5. The summed E-state index contributed by atoms with van der Waals surface area (Å²) in [6.45, 7) is 2.95. The summed E-state index contributed by atoms with van der Waals surface area (Å²) in [7, 11) is 0. The van der Waals surface area contributed by atoms with Crippen LogP contribution in [0.5, 0.6) is 0 Å². The number of halogens is 2. The van der Waals surface area contributed by atoms with Gasteiger partial charge in [-0.1, -0.05) is 47.5 Å². The van der Waals surface area contributed by atoms with E-state index in [0.717, 1.165) is 46.8 Å². The fraction of sp³-hybridized carbons (Fsp3) is 0.258. The van der Waals surface area contributed by atoms with Crippen molar-refractivity contribution in [2.75, 3.05) is 36.1 Å². The third kappa shape index (κ3) is 5.86. The molecule has 0 aliphatic carbocycles. The van der Waals surface area contributed by atoms with Crippen LogP contribution in [-0.2, 0) is 4.74 Å². The van der Waals surface area contributed by atoms with Gasteiger partial charge in [-0.05, 0) is 65.9 Å². The summed E-state index contributed by atoms with van der Waals surface area (Å²) in [5.41, 5.74) is 3.92. The van der Waals surface area contributed by atoms with E-state index in [-0.39, 0.29) is 33.5 Å². The molecule has 0 saturated carbocycles. The predicted molar refractivity (Wildman–Crippen MR) is 166 cm³/mol. The lowest BCUT2D eigenvalue weighted by Gasteiger charge is -2.33. The highest BCUT2D eigenvalue weighted by molar-refractivity contribution is 6.33. The zero-order valence-electron chi connectivity index (χ0n) is 22.9. The maximum absolute atomic E-state index is 11.7. The second-order valence-corrected chi connectivity index (χ2v) is 11.3. The molecule has 220 valence electrons. The van der Waals surface area contributed by atoms with Crippen molar-refractivity contribution in [1.82, 2.24) is 4.98 Å². The molecule has 10 nitrogen and oxygen atoms in total. The smallest absolute Gasteiger partial charge is 0.288 e. The predicted octanol–water partition coefficient (Wildman–Crippen LogP) is 7.79. The highest BCUT2D eigenvalue weighted by Crippen LogP contribution is 2.49. The molecule has 0 radical (unpaired) electrons. The molecule has 12 heteroatoms. The van der Waals surface area contributed by atoms with Gasteiger partial charge in [-0.2, -0.15) is 0 Å². The van der Waals surface area contributed by atoms with Gasteiger partial charge in [0.25, 0.3) is 11.4 Å². The minimum atomic E-state index is -0.487. The van der Waals surface area contributed by atoms with Crippen LogP contribution in [-0.4, -0.2) is 41.1 Å². The lowest BCUT2D eigenvalue weighted by Crippen LogP contribution is -2.36. The Bertz CT molecular complexity index is 1610. The third-order valence-electron chi connectivity index (χ3n) is 8.05. The summed E-state index contributed by atoms with van der Waals surface area (Å²) in [6.07, 6.45) is 3.19. The zero-order chi connectivity index (χ0) is 30.1. The molecule has 3 aromatic carbocycles. The van der Waals surface area contributed by atoms with Gasteiger partial charge in [0.15, 0.2) is 0 Å². The van der Waals surface area contributed by atoms with Crippen LogP contribution in [0.25, 0.3) is 11.1 Å². The van der Waals surface area contributed by atoms with Gasteiger partial charge in [-0.25, -0.2) is 4.98 Å². The van der Waals surface area contributed by atoms with Crippen LogP contribution in [0.15, 0.2) is 79.0 Å². The van der Waals surface area contributed by atoms with Crippen molar-refractivity contribution in [3.8, 4) is 11.1 Å². The van der Waals surface area contributed by atoms with Crippen LogP contribution < -0.4 is 9.80 Å². The Morgan fingerprint density at radius 3 is 1.91 bits per heavy atom. The molecule has 0 N–H and O–H groups in total. The summed E-state index contributed by atoms with van der Waals surface area (Å²) >= 11 is 12.3. The van der Waals surface area contributed by atoms with Crippen LogP contribution in [0.1, 0.15) is 36.1 Å². The van der Waals surface area contributed by atoms with E-state index in [1.807, 2.05) is 36.5 Å². The quantitative estimate of drug-likeness (QED) is 0.152. The molecular weight excluding hydrogens is 593 g/mol.